The molecule has 0 amide bonds. The normalized spacial score (nSPS) is 10.4. The summed E-state index contributed by atoms with van der Waals surface area (Å²) < 4.78 is 0. The van der Waals surface area contributed by atoms with Crippen molar-refractivity contribution >= 4 is 34.4 Å². The van der Waals surface area contributed by atoms with Gasteiger partial charge in [0, 0.05) is 11.8 Å². The van der Waals surface area contributed by atoms with Crippen molar-refractivity contribution in [3.8, 4) is 0 Å². The molecule has 0 spiro atoms. The number of hydrogen-bond acceptors (Lipinski definition) is 3. The van der Waals surface area contributed by atoms with Crippen LogP contribution in [0.2, 0.25) is 0 Å². The molecule has 0 heterocycles. The first kappa shape index (κ1) is 16.9. The van der Waals surface area contributed by atoms with Gasteiger partial charge >= 0.3 is 0 Å². The van der Waals surface area contributed by atoms with Crippen molar-refractivity contribution in [3.63, 3.8) is 0 Å². The first-order valence-electron chi connectivity index (χ1n) is 7.31. The summed E-state index contributed by atoms with van der Waals surface area (Å²) in [5.74, 6) is 0.342. The minimum Gasteiger partial charge on any atom is -0.332 e. The maximum absolute atomic E-state index is 11.2. The van der Waals surface area contributed by atoms with Gasteiger partial charge in [-0.2, -0.15) is 0 Å². The summed E-state index contributed by atoms with van der Waals surface area (Å²) in [5, 5.41) is 17.6. The van der Waals surface area contributed by atoms with Crippen LogP contribution in [-0.4, -0.2) is 10.0 Å². The Morgan fingerprint density at radius 1 is 1.13 bits per heavy atom. The van der Waals surface area contributed by atoms with Crippen molar-refractivity contribution in [2.75, 3.05) is 10.6 Å². The molecule has 0 bridgehead atoms. The van der Waals surface area contributed by atoms with Gasteiger partial charge in [0.15, 0.2) is 5.11 Å². The largest absolute Gasteiger partial charge is 0.332 e. The Labute approximate surface area is 140 Å². The highest BCUT2D eigenvalue weighted by Gasteiger charge is 2.17. The summed E-state index contributed by atoms with van der Waals surface area (Å²) in [4.78, 5) is 10.7. The topological polar surface area (TPSA) is 67.2 Å². The summed E-state index contributed by atoms with van der Waals surface area (Å²) in [5.41, 5.74) is 3.22. The highest BCUT2D eigenvalue weighted by Crippen LogP contribution is 2.28. The van der Waals surface area contributed by atoms with Crippen LogP contribution >= 0.6 is 12.2 Å². The summed E-state index contributed by atoms with van der Waals surface area (Å²) in [7, 11) is 0. The van der Waals surface area contributed by atoms with Gasteiger partial charge in [-0.3, -0.25) is 10.1 Å². The smallest absolute Gasteiger partial charge is 0.293 e. The van der Waals surface area contributed by atoms with Gasteiger partial charge in [0.05, 0.1) is 4.92 Å². The Morgan fingerprint density at radius 3 is 2.48 bits per heavy atom. The van der Waals surface area contributed by atoms with Crippen molar-refractivity contribution in [2.24, 2.45) is 0 Å². The number of nitrogens with zero attached hydrogens (tertiary/aromatic N) is 1. The molecule has 2 aromatic rings. The van der Waals surface area contributed by atoms with Crippen LogP contribution < -0.4 is 10.6 Å². The van der Waals surface area contributed by atoms with E-state index in [4.69, 9.17) is 12.2 Å². The number of aryl methyl sites for hydroxylation is 1. The molecule has 2 rings (SSSR count). The van der Waals surface area contributed by atoms with E-state index in [0.717, 1.165) is 16.8 Å². The Hall–Kier alpha value is -2.47. The molecule has 0 unspecified atom stereocenters. The minimum atomic E-state index is -0.417. The fraction of sp³-hybridized carbons (Fsp3) is 0.235. The summed E-state index contributed by atoms with van der Waals surface area (Å²) >= 11 is 5.33. The molecule has 0 aliphatic rings. The number of rotatable bonds is 4. The molecule has 0 aromatic heterocycles. The average molecular weight is 329 g/mol. The SMILES string of the molecule is Cc1cccc([N+](=O)[O-])c1NC(=S)Nc1ccccc1C(C)C. The van der Waals surface area contributed by atoms with E-state index in [1.165, 1.54) is 6.07 Å². The lowest BCUT2D eigenvalue weighted by molar-refractivity contribution is -0.383. The predicted molar refractivity (Wildman–Crippen MR) is 98.2 cm³/mol. The monoisotopic (exact) mass is 329 g/mol. The van der Waals surface area contributed by atoms with Gasteiger partial charge < -0.3 is 10.6 Å². The van der Waals surface area contributed by atoms with Crippen LogP contribution in [0, 0.1) is 17.0 Å². The van der Waals surface area contributed by atoms with Gasteiger partial charge in [0.1, 0.15) is 5.69 Å². The molecule has 0 aliphatic carbocycles. The number of hydrogen-bond donors (Lipinski definition) is 2. The van der Waals surface area contributed by atoms with E-state index in [1.54, 1.807) is 19.1 Å². The van der Waals surface area contributed by atoms with Gasteiger partial charge in [-0.25, -0.2) is 0 Å². The van der Waals surface area contributed by atoms with Gasteiger partial charge in [-0.15, -0.1) is 0 Å². The molecule has 2 aromatic carbocycles. The van der Waals surface area contributed by atoms with E-state index in [-0.39, 0.29) is 5.69 Å². The predicted octanol–water partition coefficient (Wildman–Crippen LogP) is 4.84. The lowest BCUT2D eigenvalue weighted by Gasteiger charge is -2.16. The van der Waals surface area contributed by atoms with Crippen molar-refractivity contribution in [3.05, 3.63) is 63.7 Å². The van der Waals surface area contributed by atoms with Crippen LogP contribution in [0.15, 0.2) is 42.5 Å². The van der Waals surface area contributed by atoms with Crippen LogP contribution in [0.1, 0.15) is 30.9 Å². The Bertz CT molecular complexity index is 744. The van der Waals surface area contributed by atoms with Gasteiger partial charge in [-0.1, -0.05) is 44.2 Å². The second-order valence-electron chi connectivity index (χ2n) is 5.55. The third-order valence-corrected chi connectivity index (χ3v) is 3.72. The molecule has 0 saturated heterocycles. The van der Waals surface area contributed by atoms with Crippen LogP contribution in [0.4, 0.5) is 17.1 Å². The molecule has 0 atom stereocenters. The molecule has 2 N–H and O–H groups in total. The van der Waals surface area contributed by atoms with Gasteiger partial charge in [0.25, 0.3) is 5.69 Å². The van der Waals surface area contributed by atoms with Crippen LogP contribution in [0.3, 0.4) is 0 Å². The summed E-state index contributed by atoms with van der Waals surface area (Å²) in [6.07, 6.45) is 0. The zero-order valence-corrected chi connectivity index (χ0v) is 14.1. The van der Waals surface area contributed by atoms with Gasteiger partial charge in [-0.05, 0) is 42.3 Å². The second-order valence-corrected chi connectivity index (χ2v) is 5.96. The van der Waals surface area contributed by atoms with E-state index in [2.05, 4.69) is 24.5 Å². The lowest BCUT2D eigenvalue weighted by atomic mass is 10.0. The van der Waals surface area contributed by atoms with Crippen molar-refractivity contribution < 1.29 is 4.92 Å². The third kappa shape index (κ3) is 4.04. The molecule has 0 saturated carbocycles. The molecule has 5 nitrogen and oxygen atoms in total. The number of nitrogens with one attached hydrogen (secondary N) is 2. The molecular weight excluding hydrogens is 310 g/mol. The number of benzene rings is 2. The maximum Gasteiger partial charge on any atom is 0.293 e. The molecule has 120 valence electrons. The Balaban J connectivity index is 2.23. The first-order chi connectivity index (χ1) is 10.9. The fourth-order valence-corrected chi connectivity index (χ4v) is 2.56. The van der Waals surface area contributed by atoms with E-state index in [0.29, 0.717) is 16.7 Å². The fourth-order valence-electron chi connectivity index (χ4n) is 2.35. The number of nitro benzene ring substituents is 1. The molecule has 23 heavy (non-hydrogen) atoms. The molecule has 0 fully saturated rings. The van der Waals surface area contributed by atoms with Crippen LogP contribution in [0.5, 0.6) is 0 Å². The molecule has 0 radical (unpaired) electrons. The van der Waals surface area contributed by atoms with Crippen molar-refractivity contribution in [1.82, 2.24) is 0 Å². The highest BCUT2D eigenvalue weighted by molar-refractivity contribution is 7.80. The van der Waals surface area contributed by atoms with Gasteiger partial charge in [0.2, 0.25) is 0 Å². The van der Waals surface area contributed by atoms with Crippen LogP contribution in [0.25, 0.3) is 0 Å². The van der Waals surface area contributed by atoms with Crippen molar-refractivity contribution in [2.45, 2.75) is 26.7 Å². The van der Waals surface area contributed by atoms with E-state index in [9.17, 15) is 10.1 Å². The lowest BCUT2D eigenvalue weighted by Crippen LogP contribution is -2.21. The summed E-state index contributed by atoms with van der Waals surface area (Å²) in [6.45, 7) is 6.01. The highest BCUT2D eigenvalue weighted by atomic mass is 32.1. The van der Waals surface area contributed by atoms with E-state index >= 15 is 0 Å². The van der Waals surface area contributed by atoms with E-state index in [1.807, 2.05) is 24.3 Å². The number of thiocarbonyl (C=S) groups is 1. The average Bonchev–Trinajstić information content (AvgIpc) is 2.49. The first-order valence-corrected chi connectivity index (χ1v) is 7.72. The van der Waals surface area contributed by atoms with Crippen LogP contribution in [-0.2, 0) is 0 Å². The number of para-hydroxylation sites is 2. The minimum absolute atomic E-state index is 0.00583. The maximum atomic E-state index is 11.2. The van der Waals surface area contributed by atoms with Crippen molar-refractivity contribution in [1.29, 1.82) is 0 Å². The molecule has 0 aliphatic heterocycles. The number of nitro groups is 1. The quantitative estimate of drug-likeness (QED) is 0.477. The number of anilines is 2. The summed E-state index contributed by atoms with van der Waals surface area (Å²) in [6, 6.07) is 12.8. The third-order valence-electron chi connectivity index (χ3n) is 3.52. The zero-order chi connectivity index (χ0) is 17.0. The van der Waals surface area contributed by atoms with E-state index < -0.39 is 4.92 Å². The Kier molecular flexibility index (Phi) is 5.28. The standard InChI is InChI=1S/C17H19N3O2S/c1-11(2)13-8-4-5-9-14(13)18-17(23)19-16-12(3)7-6-10-15(16)20(21)22/h4-11H,1-3H3,(H2,18,19,23). The molecule has 6 heteroatoms. The second kappa shape index (κ2) is 7.19. The Morgan fingerprint density at radius 2 is 1.83 bits per heavy atom. The molecular formula is C17H19N3O2S. The zero-order valence-electron chi connectivity index (χ0n) is 13.3.